The fraction of sp³-hybridized carbons (Fsp3) is 0.429. The molecule has 0 atom stereocenters. The van der Waals surface area contributed by atoms with E-state index in [1.807, 2.05) is 6.07 Å². The van der Waals surface area contributed by atoms with Crippen molar-refractivity contribution in [2.24, 2.45) is 0 Å². The minimum absolute atomic E-state index is 0.150. The van der Waals surface area contributed by atoms with Gasteiger partial charge in [-0.05, 0) is 20.1 Å². The van der Waals surface area contributed by atoms with E-state index in [0.717, 1.165) is 17.3 Å². The van der Waals surface area contributed by atoms with E-state index in [-0.39, 0.29) is 10.7 Å². The van der Waals surface area contributed by atoms with Crippen LogP contribution in [0.15, 0.2) is 11.1 Å². The van der Waals surface area contributed by atoms with Gasteiger partial charge in [-0.3, -0.25) is 4.79 Å². The van der Waals surface area contributed by atoms with Crippen molar-refractivity contribution in [3.63, 3.8) is 0 Å². The topological polar surface area (TPSA) is 40.9 Å². The van der Waals surface area contributed by atoms with Crippen LogP contribution < -0.4 is 0 Å². The Labute approximate surface area is 64.9 Å². The van der Waals surface area contributed by atoms with Crippen LogP contribution in [0, 0.1) is 11.3 Å². The molecule has 3 heteroatoms. The largest absolute Gasteiger partial charge is 0.281 e. The lowest BCUT2D eigenvalue weighted by atomic mass is 10.2. The van der Waals surface area contributed by atoms with Crippen LogP contribution in [0.2, 0.25) is 0 Å². The number of hydrogen-bond donors (Lipinski definition) is 0. The van der Waals surface area contributed by atoms with Crippen molar-refractivity contribution in [3.05, 3.63) is 11.1 Å². The summed E-state index contributed by atoms with van der Waals surface area (Å²) in [5.74, 6) is 0. The molecular weight excluding hydrogens is 146 g/mol. The second-order valence-corrected chi connectivity index (χ2v) is 2.76. The molecule has 2 nitrogen and oxygen atoms in total. The Kier molecular flexibility index (Phi) is 3.82. The van der Waals surface area contributed by atoms with Crippen molar-refractivity contribution in [1.29, 1.82) is 5.26 Å². The molecule has 0 radical (unpaired) electrons. The second-order valence-electron chi connectivity index (χ2n) is 1.98. The summed E-state index contributed by atoms with van der Waals surface area (Å²) in [5, 5.41) is 8.31. The van der Waals surface area contributed by atoms with Crippen molar-refractivity contribution in [3.8, 4) is 6.07 Å². The standard InChI is InChI=1S/C7H9NOS/c1-5(2)6(4-8)7(9)10-3/h1-3H3. The van der Waals surface area contributed by atoms with E-state index >= 15 is 0 Å². The molecular formula is C7H9NOS. The Morgan fingerprint density at radius 3 is 2.10 bits per heavy atom. The van der Waals surface area contributed by atoms with Gasteiger partial charge in [0, 0.05) is 0 Å². The average Bonchev–Trinajstić information content (AvgIpc) is 1.88. The van der Waals surface area contributed by atoms with E-state index in [2.05, 4.69) is 0 Å². The molecule has 0 bridgehead atoms. The molecule has 10 heavy (non-hydrogen) atoms. The first-order valence-electron chi connectivity index (χ1n) is 2.79. The molecule has 0 aliphatic heterocycles. The lowest BCUT2D eigenvalue weighted by molar-refractivity contribution is -0.107. The fourth-order valence-electron chi connectivity index (χ4n) is 0.464. The zero-order chi connectivity index (χ0) is 8.15. The smallest absolute Gasteiger partial charge is 0.229 e. The zero-order valence-corrected chi connectivity index (χ0v) is 7.08. The molecule has 0 fully saturated rings. The molecule has 0 aromatic carbocycles. The third-order valence-electron chi connectivity index (χ3n) is 1.00. The molecule has 0 heterocycles. The molecule has 0 rings (SSSR count). The molecule has 0 saturated carbocycles. The summed E-state index contributed by atoms with van der Waals surface area (Å²) in [6.07, 6.45) is 1.67. The van der Waals surface area contributed by atoms with Crippen LogP contribution in [-0.4, -0.2) is 11.4 Å². The third kappa shape index (κ3) is 2.24. The summed E-state index contributed by atoms with van der Waals surface area (Å²) in [7, 11) is 0. The molecule has 0 amide bonds. The molecule has 0 N–H and O–H groups in total. The highest BCUT2D eigenvalue weighted by atomic mass is 32.2. The first-order chi connectivity index (χ1) is 4.63. The Bertz CT molecular complexity index is 208. The Morgan fingerprint density at radius 1 is 1.50 bits per heavy atom. The van der Waals surface area contributed by atoms with Gasteiger partial charge in [0.1, 0.15) is 11.6 Å². The lowest BCUT2D eigenvalue weighted by Gasteiger charge is -1.94. The molecule has 0 aliphatic rings. The summed E-state index contributed by atoms with van der Waals surface area (Å²) in [6, 6.07) is 1.86. The number of thioether (sulfide) groups is 1. The average molecular weight is 155 g/mol. The molecule has 0 aromatic heterocycles. The van der Waals surface area contributed by atoms with Gasteiger partial charge in [0.25, 0.3) is 0 Å². The Balaban J connectivity index is 4.59. The quantitative estimate of drug-likeness (QED) is 0.427. The highest BCUT2D eigenvalue weighted by Crippen LogP contribution is 2.10. The lowest BCUT2D eigenvalue weighted by Crippen LogP contribution is -1.95. The molecule has 0 unspecified atom stereocenters. The highest BCUT2D eigenvalue weighted by molar-refractivity contribution is 8.13. The van der Waals surface area contributed by atoms with E-state index in [4.69, 9.17) is 5.26 Å². The SMILES string of the molecule is CSC(=O)C(C#N)=C(C)C. The van der Waals surface area contributed by atoms with Crippen LogP contribution in [0.25, 0.3) is 0 Å². The maximum atomic E-state index is 10.9. The van der Waals surface area contributed by atoms with Crippen molar-refractivity contribution in [1.82, 2.24) is 0 Å². The highest BCUT2D eigenvalue weighted by Gasteiger charge is 2.07. The van der Waals surface area contributed by atoms with Crippen molar-refractivity contribution < 1.29 is 4.79 Å². The van der Waals surface area contributed by atoms with Gasteiger partial charge in [0.15, 0.2) is 0 Å². The number of hydrogen-bond acceptors (Lipinski definition) is 3. The van der Waals surface area contributed by atoms with Gasteiger partial charge in [0.2, 0.25) is 5.12 Å². The van der Waals surface area contributed by atoms with Crippen molar-refractivity contribution in [2.45, 2.75) is 13.8 Å². The van der Waals surface area contributed by atoms with Crippen LogP contribution in [0.3, 0.4) is 0 Å². The number of nitriles is 1. The van der Waals surface area contributed by atoms with Crippen molar-refractivity contribution in [2.75, 3.05) is 6.26 Å². The van der Waals surface area contributed by atoms with E-state index < -0.39 is 0 Å². The predicted molar refractivity (Wildman–Crippen MR) is 42.5 cm³/mol. The first kappa shape index (κ1) is 9.25. The van der Waals surface area contributed by atoms with Gasteiger partial charge < -0.3 is 0 Å². The van der Waals surface area contributed by atoms with E-state index in [1.54, 1.807) is 20.1 Å². The maximum absolute atomic E-state index is 10.9. The molecule has 0 aliphatic carbocycles. The second kappa shape index (κ2) is 4.13. The molecule has 0 spiro atoms. The summed E-state index contributed by atoms with van der Waals surface area (Å²) < 4.78 is 0. The normalized spacial score (nSPS) is 8.20. The van der Waals surface area contributed by atoms with Gasteiger partial charge in [0.05, 0.1) is 0 Å². The third-order valence-corrected chi connectivity index (χ3v) is 1.58. The number of nitrogens with zero attached hydrogens (tertiary/aromatic N) is 1. The molecule has 0 saturated heterocycles. The minimum atomic E-state index is -0.150. The fourth-order valence-corrected chi connectivity index (χ4v) is 0.918. The summed E-state index contributed by atoms with van der Waals surface area (Å²) in [4.78, 5) is 10.9. The number of rotatable bonds is 1. The van der Waals surface area contributed by atoms with Crippen LogP contribution >= 0.6 is 11.8 Å². The number of carbonyl (C=O) groups is 1. The summed E-state index contributed by atoms with van der Waals surface area (Å²) >= 11 is 1.07. The van der Waals surface area contributed by atoms with Gasteiger partial charge in [-0.2, -0.15) is 5.26 Å². The van der Waals surface area contributed by atoms with Crippen LogP contribution in [0.4, 0.5) is 0 Å². The van der Waals surface area contributed by atoms with E-state index in [9.17, 15) is 4.79 Å². The maximum Gasteiger partial charge on any atom is 0.229 e. The zero-order valence-electron chi connectivity index (χ0n) is 6.26. The van der Waals surface area contributed by atoms with E-state index in [0.29, 0.717) is 0 Å². The van der Waals surface area contributed by atoms with Crippen LogP contribution in [0.1, 0.15) is 13.8 Å². The van der Waals surface area contributed by atoms with Gasteiger partial charge in [-0.25, -0.2) is 0 Å². The molecule has 0 aromatic rings. The Hall–Kier alpha value is -0.750. The summed E-state index contributed by atoms with van der Waals surface area (Å²) in [5.41, 5.74) is 1.05. The predicted octanol–water partition coefficient (Wildman–Crippen LogP) is 1.74. The van der Waals surface area contributed by atoms with E-state index in [1.165, 1.54) is 0 Å². The molecule has 54 valence electrons. The van der Waals surface area contributed by atoms with Gasteiger partial charge in [-0.1, -0.05) is 17.3 Å². The van der Waals surface area contributed by atoms with Gasteiger partial charge >= 0.3 is 0 Å². The Morgan fingerprint density at radius 2 is 2.00 bits per heavy atom. The van der Waals surface area contributed by atoms with Crippen molar-refractivity contribution >= 4 is 16.9 Å². The van der Waals surface area contributed by atoms with Crippen LogP contribution in [0.5, 0.6) is 0 Å². The number of allylic oxidation sites excluding steroid dienone is 1. The van der Waals surface area contributed by atoms with Gasteiger partial charge in [-0.15, -0.1) is 0 Å². The number of carbonyl (C=O) groups excluding carboxylic acids is 1. The monoisotopic (exact) mass is 155 g/mol. The van der Waals surface area contributed by atoms with Crippen LogP contribution in [-0.2, 0) is 4.79 Å². The summed E-state index contributed by atoms with van der Waals surface area (Å²) in [6.45, 7) is 3.51. The first-order valence-corrected chi connectivity index (χ1v) is 4.01. The minimum Gasteiger partial charge on any atom is -0.281 e.